The molecule has 1 amide bonds. The molecule has 1 aliphatic carbocycles. The molecule has 0 aromatic heterocycles. The van der Waals surface area contributed by atoms with Gasteiger partial charge in [0.2, 0.25) is 5.91 Å². The zero-order valence-corrected chi connectivity index (χ0v) is 19.7. The van der Waals surface area contributed by atoms with E-state index in [1.165, 1.54) is 6.42 Å². The minimum Gasteiger partial charge on any atom is -0.368 e. The summed E-state index contributed by atoms with van der Waals surface area (Å²) in [6.07, 6.45) is 4.89. The Bertz CT molecular complexity index is 685. The highest BCUT2D eigenvalue weighted by atomic mass is 35.5. The Hall–Kier alpha value is -0.720. The fourth-order valence-electron chi connectivity index (χ4n) is 4.45. The fourth-order valence-corrected chi connectivity index (χ4v) is 4.87. The third-order valence-electron chi connectivity index (χ3n) is 6.33. The Labute approximate surface area is 190 Å². The van der Waals surface area contributed by atoms with Crippen LogP contribution in [0.3, 0.4) is 0 Å². The van der Waals surface area contributed by atoms with Gasteiger partial charge >= 0.3 is 0 Å². The van der Waals surface area contributed by atoms with E-state index in [9.17, 15) is 4.79 Å². The average molecular weight is 464 g/mol. The minimum absolute atomic E-state index is 0. The molecule has 1 saturated carbocycles. The van der Waals surface area contributed by atoms with Gasteiger partial charge in [0.25, 0.3) is 0 Å². The number of rotatable bonds is 5. The standard InChI is InChI=1S/C21H32Cl2N4O.ClH/c1-25(2)20(28)21(24)9-6-16(7-10-21)8-11-26-12-14-27(15-13-26)18-5-3-4-17(22)19(18)23;/h3-5,16H,6-15,24H2,1-2H3;1H/t16-,21-;. The molecule has 1 aromatic carbocycles. The van der Waals surface area contributed by atoms with Crippen LogP contribution >= 0.6 is 35.6 Å². The number of amides is 1. The van der Waals surface area contributed by atoms with Gasteiger partial charge < -0.3 is 15.5 Å². The Morgan fingerprint density at radius 1 is 1.17 bits per heavy atom. The van der Waals surface area contributed by atoms with E-state index in [4.69, 9.17) is 28.9 Å². The van der Waals surface area contributed by atoms with Crippen molar-refractivity contribution in [1.82, 2.24) is 9.80 Å². The molecule has 1 saturated heterocycles. The summed E-state index contributed by atoms with van der Waals surface area (Å²) >= 11 is 12.5. The van der Waals surface area contributed by atoms with Crippen LogP contribution in [0.4, 0.5) is 5.69 Å². The van der Waals surface area contributed by atoms with Gasteiger partial charge in [-0.05, 0) is 56.7 Å². The fraction of sp³-hybridized carbons (Fsp3) is 0.667. The molecule has 5 nitrogen and oxygen atoms in total. The van der Waals surface area contributed by atoms with Crippen molar-refractivity contribution in [3.05, 3.63) is 28.2 Å². The van der Waals surface area contributed by atoms with Gasteiger partial charge in [-0.1, -0.05) is 29.3 Å². The second kappa shape index (κ2) is 10.5. The van der Waals surface area contributed by atoms with E-state index in [0.717, 1.165) is 64.1 Å². The zero-order chi connectivity index (χ0) is 20.3. The lowest BCUT2D eigenvalue weighted by molar-refractivity contribution is -0.136. The van der Waals surface area contributed by atoms with Crippen LogP contribution in [0.2, 0.25) is 10.0 Å². The van der Waals surface area contributed by atoms with E-state index in [-0.39, 0.29) is 18.3 Å². The SMILES string of the molecule is CN(C)C(=O)[C@]1(N)CC[C@H](CCN2CCN(c3cccc(Cl)c3Cl)CC2)CC1.Cl. The molecule has 1 aliphatic heterocycles. The average Bonchev–Trinajstić information content (AvgIpc) is 2.69. The third-order valence-corrected chi connectivity index (χ3v) is 7.14. The quantitative estimate of drug-likeness (QED) is 0.719. The highest BCUT2D eigenvalue weighted by Gasteiger charge is 2.39. The van der Waals surface area contributed by atoms with Crippen molar-refractivity contribution in [1.29, 1.82) is 0 Å². The first-order chi connectivity index (χ1) is 13.3. The van der Waals surface area contributed by atoms with Crippen molar-refractivity contribution < 1.29 is 4.79 Å². The van der Waals surface area contributed by atoms with Crippen LogP contribution in [0.1, 0.15) is 32.1 Å². The van der Waals surface area contributed by atoms with Gasteiger partial charge in [-0.15, -0.1) is 12.4 Å². The number of carbonyl (C=O) groups is 1. The number of halogens is 3. The topological polar surface area (TPSA) is 52.8 Å². The van der Waals surface area contributed by atoms with E-state index >= 15 is 0 Å². The largest absolute Gasteiger partial charge is 0.368 e. The van der Waals surface area contributed by atoms with Gasteiger partial charge in [-0.25, -0.2) is 0 Å². The first kappa shape index (κ1) is 24.5. The summed E-state index contributed by atoms with van der Waals surface area (Å²) in [5, 5.41) is 1.26. The van der Waals surface area contributed by atoms with Crippen LogP contribution in [-0.2, 0) is 4.79 Å². The van der Waals surface area contributed by atoms with Crippen LogP contribution in [0.15, 0.2) is 18.2 Å². The maximum atomic E-state index is 12.3. The molecule has 0 radical (unpaired) electrons. The van der Waals surface area contributed by atoms with E-state index in [1.807, 2.05) is 18.2 Å². The number of nitrogens with two attached hydrogens (primary N) is 1. The number of anilines is 1. The molecule has 0 bridgehead atoms. The van der Waals surface area contributed by atoms with E-state index in [0.29, 0.717) is 16.0 Å². The predicted molar refractivity (Wildman–Crippen MR) is 125 cm³/mol. The highest BCUT2D eigenvalue weighted by molar-refractivity contribution is 6.43. The normalized spacial score (nSPS) is 25.4. The van der Waals surface area contributed by atoms with Crippen molar-refractivity contribution in [2.75, 3.05) is 51.7 Å². The molecule has 29 heavy (non-hydrogen) atoms. The van der Waals surface area contributed by atoms with Crippen LogP contribution in [0.5, 0.6) is 0 Å². The van der Waals surface area contributed by atoms with E-state index < -0.39 is 5.54 Å². The van der Waals surface area contributed by atoms with Crippen molar-refractivity contribution in [3.8, 4) is 0 Å². The molecule has 2 aliphatic rings. The van der Waals surface area contributed by atoms with Gasteiger partial charge in [0.15, 0.2) is 0 Å². The Kier molecular flexibility index (Phi) is 8.92. The molecule has 2 fully saturated rings. The minimum atomic E-state index is -0.651. The summed E-state index contributed by atoms with van der Waals surface area (Å²) in [6.45, 7) is 5.12. The molecule has 0 atom stereocenters. The summed E-state index contributed by atoms with van der Waals surface area (Å²) in [5.41, 5.74) is 6.75. The first-order valence-corrected chi connectivity index (χ1v) is 11.0. The molecule has 0 unspecified atom stereocenters. The number of carbonyl (C=O) groups excluding carboxylic acids is 1. The summed E-state index contributed by atoms with van der Waals surface area (Å²) in [7, 11) is 3.58. The Morgan fingerprint density at radius 2 is 1.79 bits per heavy atom. The molecular formula is C21H33Cl3N4O. The van der Waals surface area contributed by atoms with Crippen LogP contribution in [0.25, 0.3) is 0 Å². The summed E-state index contributed by atoms with van der Waals surface area (Å²) in [4.78, 5) is 18.8. The van der Waals surface area contributed by atoms with Gasteiger partial charge in [0.1, 0.15) is 0 Å². The van der Waals surface area contributed by atoms with Crippen LogP contribution < -0.4 is 10.6 Å². The molecule has 3 rings (SSSR count). The van der Waals surface area contributed by atoms with Crippen LogP contribution in [-0.4, -0.2) is 68.1 Å². The van der Waals surface area contributed by atoms with Crippen molar-refractivity contribution in [2.24, 2.45) is 11.7 Å². The summed E-state index contributed by atoms with van der Waals surface area (Å²) in [6, 6.07) is 5.83. The third kappa shape index (κ3) is 5.92. The maximum Gasteiger partial charge on any atom is 0.242 e. The predicted octanol–water partition coefficient (Wildman–Crippen LogP) is 3.90. The molecule has 164 valence electrons. The lowest BCUT2D eigenvalue weighted by atomic mass is 9.75. The second-order valence-corrected chi connectivity index (χ2v) is 9.27. The van der Waals surface area contributed by atoms with E-state index in [1.54, 1.807) is 19.0 Å². The Balaban J connectivity index is 0.00000300. The zero-order valence-electron chi connectivity index (χ0n) is 17.4. The maximum absolute atomic E-state index is 12.3. The number of hydrogen-bond donors (Lipinski definition) is 1. The molecule has 2 N–H and O–H groups in total. The number of nitrogens with zero attached hydrogens (tertiary/aromatic N) is 3. The van der Waals surface area contributed by atoms with Crippen LogP contribution in [0, 0.1) is 5.92 Å². The van der Waals surface area contributed by atoms with Crippen molar-refractivity contribution in [2.45, 2.75) is 37.6 Å². The second-order valence-electron chi connectivity index (χ2n) is 8.49. The van der Waals surface area contributed by atoms with Gasteiger partial charge in [-0.2, -0.15) is 0 Å². The number of benzene rings is 1. The highest BCUT2D eigenvalue weighted by Crippen LogP contribution is 2.34. The lowest BCUT2D eigenvalue weighted by Gasteiger charge is -2.39. The van der Waals surface area contributed by atoms with E-state index in [2.05, 4.69) is 9.80 Å². The molecular weight excluding hydrogens is 431 g/mol. The summed E-state index contributed by atoms with van der Waals surface area (Å²) in [5.74, 6) is 0.744. The van der Waals surface area contributed by atoms with Crippen molar-refractivity contribution in [3.63, 3.8) is 0 Å². The molecule has 0 spiro atoms. The number of piperazine rings is 1. The first-order valence-electron chi connectivity index (χ1n) is 10.2. The molecule has 1 aromatic rings. The smallest absolute Gasteiger partial charge is 0.242 e. The van der Waals surface area contributed by atoms with Gasteiger partial charge in [0.05, 0.1) is 21.3 Å². The Morgan fingerprint density at radius 3 is 2.38 bits per heavy atom. The summed E-state index contributed by atoms with van der Waals surface area (Å²) < 4.78 is 0. The van der Waals surface area contributed by atoms with Gasteiger partial charge in [0, 0.05) is 40.3 Å². The van der Waals surface area contributed by atoms with Gasteiger partial charge in [-0.3, -0.25) is 9.69 Å². The molecule has 8 heteroatoms. The lowest BCUT2D eigenvalue weighted by Crippen LogP contribution is -2.55. The number of hydrogen-bond acceptors (Lipinski definition) is 4. The monoisotopic (exact) mass is 462 g/mol. The van der Waals surface area contributed by atoms with Crippen molar-refractivity contribution >= 4 is 47.2 Å². The molecule has 1 heterocycles. The number of likely N-dealkylation sites (N-methyl/N-ethyl adjacent to an activating group) is 1.